The van der Waals surface area contributed by atoms with Gasteiger partial charge in [-0.2, -0.15) is 0 Å². The fraction of sp³-hybridized carbons (Fsp3) is 0.600. The third kappa shape index (κ3) is 3.44. The van der Waals surface area contributed by atoms with E-state index in [1.54, 1.807) is 13.3 Å². The molecule has 0 aliphatic heterocycles. The lowest BCUT2D eigenvalue weighted by molar-refractivity contribution is 0.0117. The first-order chi connectivity index (χ1) is 7.35. The van der Waals surface area contributed by atoms with E-state index >= 15 is 0 Å². The van der Waals surface area contributed by atoms with Crippen LogP contribution in [0.15, 0.2) is 15.8 Å². The molecule has 90 valence electrons. The van der Waals surface area contributed by atoms with E-state index in [0.29, 0.717) is 16.5 Å². The SMILES string of the molecule is COC(C)(C)CCn1cc(I)c(=O)[nH]c1=O. The predicted molar refractivity (Wildman–Crippen MR) is 69.7 cm³/mol. The molecule has 0 radical (unpaired) electrons. The highest BCUT2D eigenvalue weighted by Crippen LogP contribution is 2.13. The van der Waals surface area contributed by atoms with Crippen LogP contribution in [0.5, 0.6) is 0 Å². The number of aromatic nitrogens is 2. The predicted octanol–water partition coefficient (Wildman–Crippen LogP) is 0.956. The Hall–Kier alpha value is -0.630. The zero-order chi connectivity index (χ0) is 12.3. The third-order valence-electron chi connectivity index (χ3n) is 2.47. The molecule has 0 bridgehead atoms. The van der Waals surface area contributed by atoms with Crippen LogP contribution in [0.25, 0.3) is 0 Å². The normalized spacial score (nSPS) is 11.8. The van der Waals surface area contributed by atoms with E-state index in [9.17, 15) is 9.59 Å². The first kappa shape index (κ1) is 13.4. The fourth-order valence-corrected chi connectivity index (χ4v) is 1.61. The van der Waals surface area contributed by atoms with Crippen molar-refractivity contribution < 1.29 is 4.74 Å². The molecule has 6 heteroatoms. The summed E-state index contributed by atoms with van der Waals surface area (Å²) in [6.45, 7) is 4.43. The molecule has 1 rings (SSSR count). The second-order valence-electron chi connectivity index (χ2n) is 4.14. The highest BCUT2D eigenvalue weighted by atomic mass is 127. The minimum Gasteiger partial charge on any atom is -0.379 e. The van der Waals surface area contributed by atoms with Crippen molar-refractivity contribution in [2.45, 2.75) is 32.4 Å². The second kappa shape index (κ2) is 5.13. The number of aromatic amines is 1. The standard InChI is InChI=1S/C10H15IN2O3/c1-10(2,16-3)4-5-13-6-7(11)8(14)12-9(13)15/h6H,4-5H2,1-3H3,(H,12,14,15). The summed E-state index contributed by atoms with van der Waals surface area (Å²) >= 11 is 1.90. The summed E-state index contributed by atoms with van der Waals surface area (Å²) in [6.07, 6.45) is 2.26. The number of aryl methyl sites for hydroxylation is 1. The molecule has 1 N–H and O–H groups in total. The molecule has 0 spiro atoms. The number of hydrogen-bond acceptors (Lipinski definition) is 3. The molecular weight excluding hydrogens is 323 g/mol. The molecule has 1 heterocycles. The summed E-state index contributed by atoms with van der Waals surface area (Å²) in [5.41, 5.74) is -0.994. The van der Waals surface area contributed by atoms with Crippen molar-refractivity contribution in [3.63, 3.8) is 0 Å². The van der Waals surface area contributed by atoms with Crippen molar-refractivity contribution in [2.75, 3.05) is 7.11 Å². The van der Waals surface area contributed by atoms with Crippen LogP contribution in [0.1, 0.15) is 20.3 Å². The van der Waals surface area contributed by atoms with E-state index in [-0.39, 0.29) is 16.9 Å². The van der Waals surface area contributed by atoms with E-state index in [4.69, 9.17) is 4.74 Å². The molecule has 0 aliphatic carbocycles. The molecule has 0 fully saturated rings. The van der Waals surface area contributed by atoms with Crippen molar-refractivity contribution >= 4 is 22.6 Å². The Labute approximate surface area is 107 Å². The molecule has 0 aromatic carbocycles. The lowest BCUT2D eigenvalue weighted by Crippen LogP contribution is -2.33. The van der Waals surface area contributed by atoms with Gasteiger partial charge in [0.25, 0.3) is 5.56 Å². The van der Waals surface area contributed by atoms with Gasteiger partial charge in [-0.1, -0.05) is 0 Å². The van der Waals surface area contributed by atoms with Crippen LogP contribution < -0.4 is 11.2 Å². The Morgan fingerprint density at radius 2 is 2.12 bits per heavy atom. The Bertz CT molecular complexity index is 476. The van der Waals surface area contributed by atoms with Crippen molar-refractivity contribution in [1.82, 2.24) is 9.55 Å². The summed E-state index contributed by atoms with van der Waals surface area (Å²) in [7, 11) is 1.64. The van der Waals surface area contributed by atoms with E-state index in [2.05, 4.69) is 4.98 Å². The molecule has 1 aromatic heterocycles. The maximum Gasteiger partial charge on any atom is 0.328 e. The first-order valence-corrected chi connectivity index (χ1v) is 5.98. The van der Waals surface area contributed by atoms with Crippen LogP contribution in [-0.4, -0.2) is 22.3 Å². The highest BCUT2D eigenvalue weighted by molar-refractivity contribution is 14.1. The number of rotatable bonds is 4. The number of ether oxygens (including phenoxy) is 1. The number of nitrogens with one attached hydrogen (secondary N) is 1. The summed E-state index contributed by atoms with van der Waals surface area (Å²) in [5.74, 6) is 0. The van der Waals surface area contributed by atoms with Crippen molar-refractivity contribution in [3.05, 3.63) is 30.6 Å². The molecule has 1 aromatic rings. The molecule has 0 unspecified atom stereocenters. The van der Waals surface area contributed by atoms with Crippen molar-refractivity contribution in [2.24, 2.45) is 0 Å². The van der Waals surface area contributed by atoms with E-state index in [1.807, 2.05) is 36.4 Å². The van der Waals surface area contributed by atoms with Gasteiger partial charge in [0, 0.05) is 19.9 Å². The van der Waals surface area contributed by atoms with Crippen LogP contribution in [0, 0.1) is 3.57 Å². The topological polar surface area (TPSA) is 64.1 Å². The van der Waals surface area contributed by atoms with Crippen LogP contribution in [0.4, 0.5) is 0 Å². The Morgan fingerprint density at radius 3 is 2.69 bits per heavy atom. The smallest absolute Gasteiger partial charge is 0.328 e. The number of nitrogens with zero attached hydrogens (tertiary/aromatic N) is 1. The van der Waals surface area contributed by atoms with Gasteiger partial charge < -0.3 is 4.74 Å². The van der Waals surface area contributed by atoms with Gasteiger partial charge >= 0.3 is 5.69 Å². The zero-order valence-electron chi connectivity index (χ0n) is 9.54. The number of methoxy groups -OCH3 is 1. The fourth-order valence-electron chi connectivity index (χ4n) is 1.14. The molecule has 5 nitrogen and oxygen atoms in total. The summed E-state index contributed by atoms with van der Waals surface area (Å²) in [4.78, 5) is 24.9. The van der Waals surface area contributed by atoms with Crippen LogP contribution >= 0.6 is 22.6 Å². The van der Waals surface area contributed by atoms with Gasteiger partial charge in [0.15, 0.2) is 0 Å². The van der Waals surface area contributed by atoms with Crippen molar-refractivity contribution in [1.29, 1.82) is 0 Å². The highest BCUT2D eigenvalue weighted by Gasteiger charge is 2.16. The Kier molecular flexibility index (Phi) is 4.31. The molecule has 0 atom stereocenters. The monoisotopic (exact) mass is 338 g/mol. The molecule has 0 amide bonds. The summed E-state index contributed by atoms with van der Waals surface area (Å²) < 4.78 is 7.26. The minimum absolute atomic E-state index is 0.277. The third-order valence-corrected chi connectivity index (χ3v) is 3.24. The van der Waals surface area contributed by atoms with Gasteiger partial charge in [0.05, 0.1) is 9.17 Å². The first-order valence-electron chi connectivity index (χ1n) is 4.90. The van der Waals surface area contributed by atoms with Crippen LogP contribution in [0.3, 0.4) is 0 Å². The maximum absolute atomic E-state index is 11.5. The van der Waals surface area contributed by atoms with Gasteiger partial charge in [-0.05, 0) is 42.9 Å². The summed E-state index contributed by atoms with van der Waals surface area (Å²) in [5, 5.41) is 0. The zero-order valence-corrected chi connectivity index (χ0v) is 11.7. The Balaban J connectivity index is 2.87. The van der Waals surface area contributed by atoms with Gasteiger partial charge in [-0.15, -0.1) is 0 Å². The number of H-pyrrole nitrogens is 1. The molecular formula is C10H15IN2O3. The van der Waals surface area contributed by atoms with E-state index < -0.39 is 0 Å². The molecule has 0 saturated carbocycles. The van der Waals surface area contributed by atoms with Crippen LogP contribution in [-0.2, 0) is 11.3 Å². The largest absolute Gasteiger partial charge is 0.379 e. The number of halogens is 1. The Morgan fingerprint density at radius 1 is 1.50 bits per heavy atom. The average Bonchev–Trinajstić information content (AvgIpc) is 2.22. The maximum atomic E-state index is 11.5. The van der Waals surface area contributed by atoms with E-state index in [1.165, 1.54) is 4.57 Å². The van der Waals surface area contributed by atoms with Gasteiger partial charge in [-0.3, -0.25) is 14.3 Å². The number of hydrogen-bond donors (Lipinski definition) is 1. The lowest BCUT2D eigenvalue weighted by Gasteiger charge is -2.22. The van der Waals surface area contributed by atoms with Crippen LogP contribution in [0.2, 0.25) is 0 Å². The van der Waals surface area contributed by atoms with Gasteiger partial charge in [0.1, 0.15) is 0 Å². The molecule has 16 heavy (non-hydrogen) atoms. The van der Waals surface area contributed by atoms with Gasteiger partial charge in [0.2, 0.25) is 0 Å². The molecule has 0 saturated heterocycles. The van der Waals surface area contributed by atoms with Crippen molar-refractivity contribution in [3.8, 4) is 0 Å². The second-order valence-corrected chi connectivity index (χ2v) is 5.31. The van der Waals surface area contributed by atoms with Gasteiger partial charge in [-0.25, -0.2) is 4.79 Å². The lowest BCUT2D eigenvalue weighted by atomic mass is 10.1. The average molecular weight is 338 g/mol. The minimum atomic E-state index is -0.377. The van der Waals surface area contributed by atoms with E-state index in [0.717, 1.165) is 0 Å². The quantitative estimate of drug-likeness (QED) is 0.832. The summed E-state index contributed by atoms with van der Waals surface area (Å²) in [6, 6.07) is 0. The molecule has 0 aliphatic rings.